The Labute approximate surface area is 95.8 Å². The van der Waals surface area contributed by atoms with Crippen LogP contribution in [-0.4, -0.2) is 48.3 Å². The van der Waals surface area contributed by atoms with Crippen LogP contribution in [0.3, 0.4) is 0 Å². The van der Waals surface area contributed by atoms with Gasteiger partial charge in [0, 0.05) is 0 Å². The predicted molar refractivity (Wildman–Crippen MR) is 67.9 cm³/mol. The molecule has 92 valence electrons. The summed E-state index contributed by atoms with van der Waals surface area (Å²) in [6.07, 6.45) is 0.909. The van der Waals surface area contributed by atoms with Crippen molar-refractivity contribution in [1.29, 1.82) is 0 Å². The molecule has 15 heavy (non-hydrogen) atoms. The van der Waals surface area contributed by atoms with Gasteiger partial charge in [0.15, 0.2) is 0 Å². The van der Waals surface area contributed by atoms with E-state index in [2.05, 4.69) is 56.7 Å². The molecule has 3 heteroatoms. The van der Waals surface area contributed by atoms with Gasteiger partial charge in [-0.05, 0) is 40.0 Å². The van der Waals surface area contributed by atoms with Gasteiger partial charge >= 0.3 is 0 Å². The molecule has 0 rings (SSSR count). The van der Waals surface area contributed by atoms with Crippen molar-refractivity contribution < 1.29 is 0 Å². The molecule has 0 aromatic heterocycles. The van der Waals surface area contributed by atoms with Gasteiger partial charge in [-0.3, -0.25) is 15.1 Å². The lowest BCUT2D eigenvalue weighted by molar-refractivity contribution is 0.119. The van der Waals surface area contributed by atoms with E-state index in [-0.39, 0.29) is 0 Å². The molecule has 0 aliphatic carbocycles. The average Bonchev–Trinajstić information content (AvgIpc) is 2.21. The first-order valence-electron chi connectivity index (χ1n) is 6.34. The lowest BCUT2D eigenvalue weighted by atomic mass is 10.3. The molecule has 0 aliphatic heterocycles. The first-order chi connectivity index (χ1) is 7.10. The summed E-state index contributed by atoms with van der Waals surface area (Å²) >= 11 is 0. The normalized spacial score (nSPS) is 16.0. The molecule has 0 radical (unpaired) electrons. The number of rotatable bonds is 8. The Morgan fingerprint density at radius 3 is 1.20 bits per heavy atom. The van der Waals surface area contributed by atoms with E-state index in [1.54, 1.807) is 0 Å². The third-order valence-electron chi connectivity index (χ3n) is 3.20. The standard InChI is InChI=1S/C12H29N3/c1-7-14(8-2)11(5)13-12(6)15(9-3)10-4/h11-13H,7-10H2,1-6H3. The third-order valence-corrected chi connectivity index (χ3v) is 3.20. The van der Waals surface area contributed by atoms with Gasteiger partial charge in [-0.2, -0.15) is 0 Å². The molecule has 0 heterocycles. The zero-order valence-electron chi connectivity index (χ0n) is 11.4. The molecule has 0 amide bonds. The van der Waals surface area contributed by atoms with Crippen molar-refractivity contribution in [3.63, 3.8) is 0 Å². The average molecular weight is 215 g/mol. The lowest BCUT2D eigenvalue weighted by Crippen LogP contribution is -2.53. The number of nitrogens with one attached hydrogen (secondary N) is 1. The van der Waals surface area contributed by atoms with Crippen molar-refractivity contribution in [2.45, 2.75) is 53.9 Å². The van der Waals surface area contributed by atoms with E-state index >= 15 is 0 Å². The van der Waals surface area contributed by atoms with Crippen molar-refractivity contribution >= 4 is 0 Å². The van der Waals surface area contributed by atoms with Crippen LogP contribution in [0.5, 0.6) is 0 Å². The summed E-state index contributed by atoms with van der Waals surface area (Å²) in [5.74, 6) is 0. The van der Waals surface area contributed by atoms with Crippen LogP contribution in [0.1, 0.15) is 41.5 Å². The summed E-state index contributed by atoms with van der Waals surface area (Å²) in [4.78, 5) is 4.86. The van der Waals surface area contributed by atoms with Crippen molar-refractivity contribution in [2.75, 3.05) is 26.2 Å². The second kappa shape index (κ2) is 8.08. The van der Waals surface area contributed by atoms with Crippen molar-refractivity contribution in [3.05, 3.63) is 0 Å². The van der Waals surface area contributed by atoms with Gasteiger partial charge in [0.25, 0.3) is 0 Å². The Kier molecular flexibility index (Phi) is 8.02. The van der Waals surface area contributed by atoms with Crippen LogP contribution in [0.25, 0.3) is 0 Å². The van der Waals surface area contributed by atoms with E-state index in [0.717, 1.165) is 26.2 Å². The summed E-state index contributed by atoms with van der Waals surface area (Å²) in [6.45, 7) is 17.8. The fourth-order valence-corrected chi connectivity index (χ4v) is 2.10. The van der Waals surface area contributed by atoms with Crippen LogP contribution in [0.15, 0.2) is 0 Å². The Morgan fingerprint density at radius 1 is 0.733 bits per heavy atom. The summed E-state index contributed by atoms with van der Waals surface area (Å²) in [7, 11) is 0. The highest BCUT2D eigenvalue weighted by Crippen LogP contribution is 2.00. The predicted octanol–water partition coefficient (Wildman–Crippen LogP) is 1.95. The largest absolute Gasteiger partial charge is 0.289 e. The minimum Gasteiger partial charge on any atom is -0.289 e. The Bertz CT molecular complexity index is 126. The molecule has 2 atom stereocenters. The van der Waals surface area contributed by atoms with Crippen molar-refractivity contribution in [1.82, 2.24) is 15.1 Å². The Morgan fingerprint density at radius 2 is 1.00 bits per heavy atom. The molecule has 0 saturated heterocycles. The van der Waals surface area contributed by atoms with Gasteiger partial charge < -0.3 is 0 Å². The van der Waals surface area contributed by atoms with Crippen LogP contribution in [-0.2, 0) is 0 Å². The van der Waals surface area contributed by atoms with E-state index in [9.17, 15) is 0 Å². The second-order valence-corrected chi connectivity index (χ2v) is 3.96. The van der Waals surface area contributed by atoms with E-state index in [4.69, 9.17) is 0 Å². The van der Waals surface area contributed by atoms with Gasteiger partial charge in [0.05, 0.1) is 12.3 Å². The van der Waals surface area contributed by atoms with Gasteiger partial charge in [0.2, 0.25) is 0 Å². The maximum Gasteiger partial charge on any atom is 0.0579 e. The van der Waals surface area contributed by atoms with E-state index in [1.807, 2.05) is 0 Å². The van der Waals surface area contributed by atoms with Crippen LogP contribution >= 0.6 is 0 Å². The first-order valence-corrected chi connectivity index (χ1v) is 6.34. The molecule has 0 aliphatic rings. The van der Waals surface area contributed by atoms with Crippen LogP contribution in [0, 0.1) is 0 Å². The quantitative estimate of drug-likeness (QED) is 0.624. The molecule has 3 nitrogen and oxygen atoms in total. The summed E-state index contributed by atoms with van der Waals surface area (Å²) < 4.78 is 0. The van der Waals surface area contributed by atoms with E-state index in [0.29, 0.717) is 12.3 Å². The highest BCUT2D eigenvalue weighted by molar-refractivity contribution is 4.68. The van der Waals surface area contributed by atoms with Gasteiger partial charge in [-0.25, -0.2) is 0 Å². The fraction of sp³-hybridized carbons (Fsp3) is 1.00. The number of hydrogen-bond acceptors (Lipinski definition) is 3. The maximum absolute atomic E-state index is 3.64. The molecule has 0 fully saturated rings. The van der Waals surface area contributed by atoms with Crippen LogP contribution in [0.2, 0.25) is 0 Å². The lowest BCUT2D eigenvalue weighted by Gasteiger charge is -2.34. The highest BCUT2D eigenvalue weighted by Gasteiger charge is 2.15. The smallest absolute Gasteiger partial charge is 0.0579 e. The summed E-state index contributed by atoms with van der Waals surface area (Å²) in [5.41, 5.74) is 0. The molecular weight excluding hydrogens is 186 g/mol. The topological polar surface area (TPSA) is 18.5 Å². The molecule has 0 bridgehead atoms. The third kappa shape index (κ3) is 4.96. The molecule has 0 saturated carbocycles. The number of hydrogen-bond donors (Lipinski definition) is 1. The minimum absolute atomic E-state index is 0.454. The minimum atomic E-state index is 0.454. The zero-order chi connectivity index (χ0) is 11.8. The molecule has 2 unspecified atom stereocenters. The van der Waals surface area contributed by atoms with Crippen molar-refractivity contribution in [2.24, 2.45) is 0 Å². The van der Waals surface area contributed by atoms with E-state index in [1.165, 1.54) is 0 Å². The van der Waals surface area contributed by atoms with Crippen LogP contribution < -0.4 is 5.32 Å². The summed E-state index contributed by atoms with van der Waals surface area (Å²) in [6, 6.07) is 0. The summed E-state index contributed by atoms with van der Waals surface area (Å²) in [5, 5.41) is 3.64. The molecule has 0 spiro atoms. The Hall–Kier alpha value is -0.120. The van der Waals surface area contributed by atoms with E-state index < -0.39 is 0 Å². The SMILES string of the molecule is CCN(CC)C(C)NC(C)N(CC)CC. The first kappa shape index (κ1) is 14.9. The van der Waals surface area contributed by atoms with Gasteiger partial charge in [-0.1, -0.05) is 27.7 Å². The molecule has 0 aromatic carbocycles. The molecule has 0 aromatic rings. The van der Waals surface area contributed by atoms with Gasteiger partial charge in [0.1, 0.15) is 0 Å². The highest BCUT2D eigenvalue weighted by atomic mass is 15.3. The van der Waals surface area contributed by atoms with Crippen LogP contribution in [0.4, 0.5) is 0 Å². The Balaban J connectivity index is 4.08. The molecular formula is C12H29N3. The number of nitrogens with zero attached hydrogens (tertiary/aromatic N) is 2. The van der Waals surface area contributed by atoms with Gasteiger partial charge in [-0.15, -0.1) is 0 Å². The maximum atomic E-state index is 3.64. The monoisotopic (exact) mass is 215 g/mol. The fourth-order valence-electron chi connectivity index (χ4n) is 2.10. The zero-order valence-corrected chi connectivity index (χ0v) is 11.4. The second-order valence-electron chi connectivity index (χ2n) is 3.96. The van der Waals surface area contributed by atoms with Crippen molar-refractivity contribution in [3.8, 4) is 0 Å². The molecule has 1 N–H and O–H groups in total.